The number of amidine groups is 1. The van der Waals surface area contributed by atoms with Gasteiger partial charge in [0.15, 0.2) is 4.32 Å². The molecule has 0 fully saturated rings. The summed E-state index contributed by atoms with van der Waals surface area (Å²) in [5.41, 5.74) is 6.46. The van der Waals surface area contributed by atoms with E-state index in [9.17, 15) is 0 Å². The van der Waals surface area contributed by atoms with Crippen LogP contribution in [0.1, 0.15) is 5.56 Å². The highest BCUT2D eigenvalue weighted by Crippen LogP contribution is 1.98. The molecule has 1 rings (SSSR count). The molecule has 0 amide bonds. The van der Waals surface area contributed by atoms with E-state index in [2.05, 4.69) is 29.8 Å². The van der Waals surface area contributed by atoms with E-state index < -0.39 is 0 Å². The minimum absolute atomic E-state index is 0.247. The second-order valence-corrected chi connectivity index (χ2v) is 3.26. The van der Waals surface area contributed by atoms with E-state index in [0.29, 0.717) is 5.84 Å². The SMILES string of the molecule is NC(=NC(=S)S)c1ccccc1. The second kappa shape index (κ2) is 4.23. The summed E-state index contributed by atoms with van der Waals surface area (Å²) in [6.45, 7) is 0. The van der Waals surface area contributed by atoms with Crippen LogP contribution in [0.15, 0.2) is 35.3 Å². The van der Waals surface area contributed by atoms with Crippen LogP contribution in [-0.2, 0) is 0 Å². The average Bonchev–Trinajstić information content (AvgIpc) is 2.05. The van der Waals surface area contributed by atoms with Gasteiger partial charge in [-0.3, -0.25) is 0 Å². The lowest BCUT2D eigenvalue weighted by Gasteiger charge is -1.97. The second-order valence-electron chi connectivity index (χ2n) is 2.15. The molecule has 0 unspecified atom stereocenters. The Morgan fingerprint density at radius 1 is 1.33 bits per heavy atom. The molecule has 1 aromatic carbocycles. The van der Waals surface area contributed by atoms with Gasteiger partial charge in [-0.15, -0.1) is 12.6 Å². The van der Waals surface area contributed by atoms with E-state index in [1.807, 2.05) is 30.3 Å². The van der Waals surface area contributed by atoms with Crippen LogP contribution in [0.4, 0.5) is 0 Å². The maximum Gasteiger partial charge on any atom is 0.159 e. The van der Waals surface area contributed by atoms with Crippen LogP contribution in [0.2, 0.25) is 0 Å². The number of hydrogen-bond donors (Lipinski definition) is 2. The zero-order valence-corrected chi connectivity index (χ0v) is 7.98. The van der Waals surface area contributed by atoms with Gasteiger partial charge in [-0.05, 0) is 0 Å². The number of thiol groups is 1. The summed E-state index contributed by atoms with van der Waals surface area (Å²) in [5, 5.41) is 0. The van der Waals surface area contributed by atoms with E-state index in [0.717, 1.165) is 5.56 Å². The van der Waals surface area contributed by atoms with Gasteiger partial charge >= 0.3 is 0 Å². The molecule has 0 heterocycles. The summed E-state index contributed by atoms with van der Waals surface area (Å²) in [6, 6.07) is 9.42. The van der Waals surface area contributed by atoms with Crippen LogP contribution < -0.4 is 5.73 Å². The van der Waals surface area contributed by atoms with Crippen molar-refractivity contribution < 1.29 is 0 Å². The van der Waals surface area contributed by atoms with Crippen LogP contribution in [0.3, 0.4) is 0 Å². The fraction of sp³-hybridized carbons (Fsp3) is 0. The molecule has 2 nitrogen and oxygen atoms in total. The van der Waals surface area contributed by atoms with Crippen LogP contribution in [-0.4, -0.2) is 10.2 Å². The molecule has 0 spiro atoms. The number of rotatable bonds is 1. The van der Waals surface area contributed by atoms with Crippen LogP contribution in [0.5, 0.6) is 0 Å². The van der Waals surface area contributed by atoms with Crippen molar-refractivity contribution in [2.24, 2.45) is 10.7 Å². The smallest absolute Gasteiger partial charge is 0.159 e. The van der Waals surface area contributed by atoms with Gasteiger partial charge < -0.3 is 5.73 Å². The van der Waals surface area contributed by atoms with Crippen LogP contribution in [0, 0.1) is 0 Å². The van der Waals surface area contributed by atoms with Crippen molar-refractivity contribution in [3.05, 3.63) is 35.9 Å². The number of benzene rings is 1. The topological polar surface area (TPSA) is 38.4 Å². The summed E-state index contributed by atoms with van der Waals surface area (Å²) in [4.78, 5) is 3.84. The first-order chi connectivity index (χ1) is 5.70. The third kappa shape index (κ3) is 2.64. The molecule has 12 heavy (non-hydrogen) atoms. The molecule has 0 radical (unpaired) electrons. The molecule has 0 atom stereocenters. The Morgan fingerprint density at radius 3 is 2.42 bits per heavy atom. The van der Waals surface area contributed by atoms with Crippen molar-refractivity contribution >= 4 is 35.0 Å². The van der Waals surface area contributed by atoms with Crippen molar-refractivity contribution in [2.45, 2.75) is 0 Å². The Hall–Kier alpha value is -0.870. The molecule has 0 aliphatic rings. The van der Waals surface area contributed by atoms with Crippen molar-refractivity contribution in [1.82, 2.24) is 0 Å². The van der Waals surface area contributed by atoms with Crippen molar-refractivity contribution in [3.8, 4) is 0 Å². The highest BCUT2D eigenvalue weighted by Gasteiger charge is 1.95. The minimum Gasteiger partial charge on any atom is -0.383 e. The Labute approximate surface area is 81.9 Å². The van der Waals surface area contributed by atoms with E-state index in [-0.39, 0.29) is 4.32 Å². The first-order valence-corrected chi connectivity index (χ1v) is 4.18. The number of aliphatic imine (C=N–C) groups is 1. The number of thiocarbonyl (C=S) groups is 1. The molecule has 0 aromatic heterocycles. The van der Waals surface area contributed by atoms with Gasteiger partial charge in [-0.2, -0.15) is 0 Å². The first kappa shape index (κ1) is 9.22. The number of nitrogens with zero attached hydrogens (tertiary/aromatic N) is 1. The van der Waals surface area contributed by atoms with Gasteiger partial charge in [0, 0.05) is 5.56 Å². The summed E-state index contributed by atoms with van der Waals surface area (Å²) in [5.74, 6) is 0.399. The zero-order valence-electron chi connectivity index (χ0n) is 6.27. The molecule has 1 aromatic rings. The van der Waals surface area contributed by atoms with Crippen molar-refractivity contribution in [3.63, 3.8) is 0 Å². The molecule has 0 aliphatic heterocycles. The Kier molecular flexibility index (Phi) is 3.25. The molecule has 0 aliphatic carbocycles. The summed E-state index contributed by atoms with van der Waals surface area (Å²) < 4.78 is 0.247. The Morgan fingerprint density at radius 2 is 1.92 bits per heavy atom. The Balaban J connectivity index is 2.93. The normalized spacial score (nSPS) is 11.2. The van der Waals surface area contributed by atoms with Gasteiger partial charge in [-0.25, -0.2) is 4.99 Å². The predicted octanol–water partition coefficient (Wildman–Crippen LogP) is 1.61. The third-order valence-electron chi connectivity index (χ3n) is 1.29. The highest BCUT2D eigenvalue weighted by atomic mass is 32.1. The van der Waals surface area contributed by atoms with Crippen molar-refractivity contribution in [1.29, 1.82) is 0 Å². The van der Waals surface area contributed by atoms with E-state index in [1.54, 1.807) is 0 Å². The van der Waals surface area contributed by atoms with E-state index in [4.69, 9.17) is 5.73 Å². The summed E-state index contributed by atoms with van der Waals surface area (Å²) in [6.07, 6.45) is 0. The fourth-order valence-electron chi connectivity index (χ4n) is 0.777. The molecule has 0 bridgehead atoms. The number of hydrogen-bond acceptors (Lipinski definition) is 1. The molecule has 4 heteroatoms. The molecule has 0 saturated carbocycles. The molecular formula is C8H8N2S2. The van der Waals surface area contributed by atoms with Gasteiger partial charge in [0.2, 0.25) is 0 Å². The quantitative estimate of drug-likeness (QED) is 0.310. The lowest BCUT2D eigenvalue weighted by molar-refractivity contribution is 1.55. The zero-order chi connectivity index (χ0) is 8.97. The third-order valence-corrected chi connectivity index (χ3v) is 1.48. The van der Waals surface area contributed by atoms with E-state index >= 15 is 0 Å². The van der Waals surface area contributed by atoms with E-state index in [1.165, 1.54) is 0 Å². The minimum atomic E-state index is 0.247. The monoisotopic (exact) mass is 196 g/mol. The average molecular weight is 196 g/mol. The van der Waals surface area contributed by atoms with Gasteiger partial charge in [0.25, 0.3) is 0 Å². The molecule has 0 saturated heterocycles. The van der Waals surface area contributed by atoms with Crippen LogP contribution in [0.25, 0.3) is 0 Å². The predicted molar refractivity (Wildman–Crippen MR) is 58.8 cm³/mol. The van der Waals surface area contributed by atoms with Gasteiger partial charge in [0.1, 0.15) is 5.84 Å². The standard InChI is InChI=1S/C8H8N2S2/c9-7(10-8(11)12)6-4-2-1-3-5-6/h1-5H,(H3,9,10,11,12). The lowest BCUT2D eigenvalue weighted by Crippen LogP contribution is -2.13. The van der Waals surface area contributed by atoms with Gasteiger partial charge in [0.05, 0.1) is 0 Å². The maximum atomic E-state index is 5.61. The Bertz CT molecular complexity index is 306. The summed E-state index contributed by atoms with van der Waals surface area (Å²) >= 11 is 8.52. The van der Waals surface area contributed by atoms with Crippen molar-refractivity contribution in [2.75, 3.05) is 0 Å². The molecular weight excluding hydrogens is 188 g/mol. The lowest BCUT2D eigenvalue weighted by atomic mass is 10.2. The molecule has 62 valence electrons. The first-order valence-electron chi connectivity index (χ1n) is 3.32. The highest BCUT2D eigenvalue weighted by molar-refractivity contribution is 8.11. The number of nitrogens with two attached hydrogens (primary N) is 1. The molecule has 2 N–H and O–H groups in total. The maximum absolute atomic E-state index is 5.61. The van der Waals surface area contributed by atoms with Gasteiger partial charge in [-0.1, -0.05) is 42.5 Å². The van der Waals surface area contributed by atoms with Crippen LogP contribution >= 0.6 is 24.8 Å². The summed E-state index contributed by atoms with van der Waals surface area (Å²) in [7, 11) is 0. The largest absolute Gasteiger partial charge is 0.383 e. The fourth-order valence-corrected chi connectivity index (χ4v) is 0.983.